The normalized spacial score (nSPS) is 13.6. The zero-order valence-corrected chi connectivity index (χ0v) is 16.6. The molecule has 1 saturated carbocycles. The van der Waals surface area contributed by atoms with Crippen LogP contribution in [0, 0.1) is 11.7 Å². The highest BCUT2D eigenvalue weighted by Crippen LogP contribution is 2.30. The quantitative estimate of drug-likeness (QED) is 0.418. The Balaban J connectivity index is 1.28. The molecule has 0 bridgehead atoms. The number of halogens is 1. The zero-order valence-electron chi connectivity index (χ0n) is 15.8. The van der Waals surface area contributed by atoms with E-state index in [0.717, 1.165) is 30.6 Å². The first-order valence-corrected chi connectivity index (χ1v) is 10.7. The summed E-state index contributed by atoms with van der Waals surface area (Å²) in [6, 6.07) is 6.36. The highest BCUT2D eigenvalue weighted by Gasteiger charge is 2.22. The lowest BCUT2D eigenvalue weighted by Crippen LogP contribution is -2.28. The number of hydrogen-bond donors (Lipinski definition) is 2. The molecule has 0 unspecified atom stereocenters. The van der Waals surface area contributed by atoms with Gasteiger partial charge in [0, 0.05) is 31.1 Å². The van der Waals surface area contributed by atoms with Crippen molar-refractivity contribution in [1.82, 2.24) is 14.3 Å². The van der Waals surface area contributed by atoms with Crippen molar-refractivity contribution < 1.29 is 9.13 Å². The molecule has 0 aliphatic heterocycles. The summed E-state index contributed by atoms with van der Waals surface area (Å²) in [5.41, 5.74) is 0.270. The lowest BCUT2D eigenvalue weighted by molar-refractivity contribution is 0.285. The average molecular weight is 408 g/mol. The van der Waals surface area contributed by atoms with Gasteiger partial charge in [-0.3, -0.25) is 14.5 Å². The molecular weight excluding hydrogens is 381 g/mol. The number of ether oxygens (including phenoxy) is 1. The molecule has 0 spiro atoms. The van der Waals surface area contributed by atoms with Crippen LogP contribution < -0.4 is 20.7 Å². The molecule has 1 aliphatic rings. The minimum absolute atomic E-state index is 0.307. The summed E-state index contributed by atoms with van der Waals surface area (Å²) in [5, 5.41) is 0. The minimum Gasteiger partial charge on any atom is -0.490 e. The Morgan fingerprint density at radius 1 is 1.21 bits per heavy atom. The van der Waals surface area contributed by atoms with Crippen molar-refractivity contribution in [2.45, 2.75) is 45.2 Å². The lowest BCUT2D eigenvalue weighted by atomic mass is 10.2. The Morgan fingerprint density at radius 3 is 2.86 bits per heavy atom. The first-order chi connectivity index (χ1) is 13.6. The first-order valence-electron chi connectivity index (χ1n) is 9.67. The molecule has 1 fully saturated rings. The van der Waals surface area contributed by atoms with Gasteiger partial charge in [-0.15, -0.1) is 0 Å². The van der Waals surface area contributed by atoms with Gasteiger partial charge in [0.2, 0.25) is 0 Å². The number of aromatic amines is 1. The molecule has 2 N–H and O–H groups in total. The second-order valence-electron chi connectivity index (χ2n) is 7.05. The number of hydrogen-bond acceptors (Lipinski definition) is 5. The van der Waals surface area contributed by atoms with Crippen molar-refractivity contribution in [2.24, 2.45) is 5.92 Å². The monoisotopic (exact) mass is 407 g/mol. The molecule has 6 nitrogen and oxygen atoms in total. The molecule has 0 atom stereocenters. The van der Waals surface area contributed by atoms with Crippen molar-refractivity contribution in [3.63, 3.8) is 0 Å². The van der Waals surface area contributed by atoms with Crippen molar-refractivity contribution in [3.8, 4) is 5.75 Å². The van der Waals surface area contributed by atoms with Gasteiger partial charge in [-0.05, 0) is 49.3 Å². The summed E-state index contributed by atoms with van der Waals surface area (Å²) in [6.45, 7) is 1.86. The van der Waals surface area contributed by atoms with Gasteiger partial charge in [-0.1, -0.05) is 24.4 Å². The smallest absolute Gasteiger partial charge is 0.328 e. The Hall–Kier alpha value is -2.06. The van der Waals surface area contributed by atoms with Crippen LogP contribution in [0.1, 0.15) is 37.7 Å². The van der Waals surface area contributed by atoms with Crippen LogP contribution in [0.25, 0.3) is 0 Å². The maximum absolute atomic E-state index is 13.8. The molecule has 28 heavy (non-hydrogen) atoms. The van der Waals surface area contributed by atoms with E-state index in [0.29, 0.717) is 31.4 Å². The molecule has 1 aliphatic carbocycles. The second-order valence-corrected chi connectivity index (χ2v) is 8.04. The van der Waals surface area contributed by atoms with Gasteiger partial charge in [0.15, 0.2) is 11.6 Å². The van der Waals surface area contributed by atoms with Crippen molar-refractivity contribution >= 4 is 11.9 Å². The van der Waals surface area contributed by atoms with Crippen molar-refractivity contribution in [2.75, 3.05) is 12.4 Å². The van der Waals surface area contributed by atoms with Crippen LogP contribution in [0.3, 0.4) is 0 Å². The van der Waals surface area contributed by atoms with E-state index in [1.54, 1.807) is 24.1 Å². The van der Waals surface area contributed by atoms with E-state index in [4.69, 9.17) is 4.74 Å². The van der Waals surface area contributed by atoms with Crippen molar-refractivity contribution in [1.29, 1.82) is 0 Å². The number of nitrogens with one attached hydrogen (secondary N) is 2. The second kappa shape index (κ2) is 10.5. The predicted molar refractivity (Wildman–Crippen MR) is 109 cm³/mol. The number of benzene rings is 1. The van der Waals surface area contributed by atoms with Crippen LogP contribution in [-0.4, -0.2) is 21.9 Å². The van der Waals surface area contributed by atoms with E-state index >= 15 is 0 Å². The van der Waals surface area contributed by atoms with Gasteiger partial charge in [0.1, 0.15) is 0 Å². The van der Waals surface area contributed by atoms with E-state index in [-0.39, 0.29) is 17.1 Å². The topological polar surface area (TPSA) is 76.1 Å². The van der Waals surface area contributed by atoms with Gasteiger partial charge >= 0.3 is 5.69 Å². The summed E-state index contributed by atoms with van der Waals surface area (Å²) >= 11 is 1.64. The molecule has 2 aromatic rings. The van der Waals surface area contributed by atoms with E-state index in [9.17, 15) is 14.0 Å². The fourth-order valence-corrected chi connectivity index (χ4v) is 3.48. The van der Waals surface area contributed by atoms with Crippen LogP contribution in [0.5, 0.6) is 5.75 Å². The average Bonchev–Trinajstić information content (AvgIpc) is 3.50. The molecule has 0 saturated heterocycles. The highest BCUT2D eigenvalue weighted by atomic mass is 32.2. The summed E-state index contributed by atoms with van der Waals surface area (Å²) < 4.78 is 24.2. The minimum atomic E-state index is -0.369. The number of H-pyrrole nitrogens is 1. The van der Waals surface area contributed by atoms with Crippen molar-refractivity contribution in [3.05, 3.63) is 62.7 Å². The van der Waals surface area contributed by atoms with Gasteiger partial charge in [0.05, 0.1) is 6.61 Å². The Labute approximate surface area is 167 Å². The fraction of sp³-hybridized carbons (Fsp3) is 0.500. The molecular formula is C20H26FN3O3S. The Morgan fingerprint density at radius 2 is 2.07 bits per heavy atom. The third-order valence-electron chi connectivity index (χ3n) is 4.59. The van der Waals surface area contributed by atoms with E-state index in [2.05, 4.69) is 9.71 Å². The van der Waals surface area contributed by atoms with Crippen LogP contribution in [0.2, 0.25) is 0 Å². The predicted octanol–water partition coefficient (Wildman–Crippen LogP) is 3.07. The molecule has 8 heteroatoms. The number of rotatable bonds is 12. The molecule has 1 aromatic carbocycles. The van der Waals surface area contributed by atoms with Gasteiger partial charge in [0.25, 0.3) is 5.56 Å². The van der Waals surface area contributed by atoms with E-state index in [1.807, 2.05) is 0 Å². The van der Waals surface area contributed by atoms with Crippen LogP contribution >= 0.6 is 11.9 Å². The lowest BCUT2D eigenvalue weighted by Gasteiger charge is -2.09. The molecule has 1 aromatic heterocycles. The third kappa shape index (κ3) is 6.83. The molecule has 0 amide bonds. The summed E-state index contributed by atoms with van der Waals surface area (Å²) in [4.78, 5) is 24.8. The summed E-state index contributed by atoms with van der Waals surface area (Å²) in [7, 11) is 0. The third-order valence-corrected chi connectivity index (χ3v) is 5.43. The number of nitrogens with zero attached hydrogens (tertiary/aromatic N) is 1. The van der Waals surface area contributed by atoms with Crippen LogP contribution in [-0.2, 0) is 13.1 Å². The molecule has 0 radical (unpaired) electrons. The zero-order chi connectivity index (χ0) is 19.8. The Bertz CT molecular complexity index is 879. The maximum atomic E-state index is 13.8. The van der Waals surface area contributed by atoms with Gasteiger partial charge in [-0.2, -0.15) is 0 Å². The van der Waals surface area contributed by atoms with Crippen LogP contribution in [0.4, 0.5) is 4.39 Å². The number of aromatic nitrogens is 2. The number of unbranched alkanes of at least 4 members (excludes halogenated alkanes) is 2. The standard InChI is InChI=1S/C20H26FN3O3S/c21-17-7-6-16(12-18(17)27-14-15-4-5-15)13-22-28-11-3-1-2-9-24-10-8-19(25)23-20(24)26/h6-8,10,12,15,22H,1-5,9,11,13-14H2,(H,23,25,26). The Kier molecular flexibility index (Phi) is 7.73. The maximum Gasteiger partial charge on any atom is 0.328 e. The number of aryl methyl sites for hydroxylation is 1. The van der Waals surface area contributed by atoms with Crippen LogP contribution in [0.15, 0.2) is 40.1 Å². The molecule has 152 valence electrons. The van der Waals surface area contributed by atoms with Gasteiger partial charge < -0.3 is 9.30 Å². The summed E-state index contributed by atoms with van der Waals surface area (Å²) in [6.07, 6.45) is 6.79. The molecule has 1 heterocycles. The molecule has 3 rings (SSSR count). The van der Waals surface area contributed by atoms with Gasteiger partial charge in [-0.25, -0.2) is 9.18 Å². The first kappa shape index (κ1) is 20.7. The summed E-state index contributed by atoms with van der Waals surface area (Å²) in [5.74, 6) is 1.58. The highest BCUT2D eigenvalue weighted by molar-refractivity contribution is 7.97. The SMILES string of the molecule is O=c1ccn(CCCCCSNCc2ccc(F)c(OCC3CC3)c2)c(=O)[nH]1. The largest absolute Gasteiger partial charge is 0.490 e. The fourth-order valence-electron chi connectivity index (χ4n) is 2.72. The van der Waals surface area contributed by atoms with E-state index < -0.39 is 0 Å². The van der Waals surface area contributed by atoms with E-state index in [1.165, 1.54) is 35.7 Å².